The summed E-state index contributed by atoms with van der Waals surface area (Å²) in [6.07, 6.45) is 2.48. The van der Waals surface area contributed by atoms with E-state index >= 15 is 0 Å². The van der Waals surface area contributed by atoms with Crippen LogP contribution in [0.4, 0.5) is 10.5 Å². The topological polar surface area (TPSA) is 59.6 Å². The van der Waals surface area contributed by atoms with E-state index in [4.69, 9.17) is 9.47 Å². The Morgan fingerprint density at radius 2 is 2.26 bits per heavy atom. The number of fused-ring (bicyclic) bond motifs is 3. The van der Waals surface area contributed by atoms with Gasteiger partial charge in [0.05, 0.1) is 6.61 Å². The van der Waals surface area contributed by atoms with Crippen LogP contribution in [0, 0.1) is 0 Å². The molecule has 1 unspecified atom stereocenters. The normalized spacial score (nSPS) is 20.1. The number of carbonyl (C=O) groups is 1. The fourth-order valence-corrected chi connectivity index (χ4v) is 3.33. The Morgan fingerprint density at radius 3 is 3.00 bits per heavy atom. The zero-order valence-corrected chi connectivity index (χ0v) is 14.4. The molecule has 3 rings (SSSR count). The minimum atomic E-state index is -0.466. The minimum absolute atomic E-state index is 0.0564. The molecule has 0 spiro atoms. The molecule has 5 nitrogen and oxygen atoms in total. The molecule has 0 aliphatic carbocycles. The maximum Gasteiger partial charge on any atom is 0.407 e. The van der Waals surface area contributed by atoms with Crippen LogP contribution in [0.1, 0.15) is 45.2 Å². The minimum Gasteiger partial charge on any atom is -0.493 e. The van der Waals surface area contributed by atoms with Crippen LogP contribution in [-0.4, -0.2) is 30.4 Å². The number of anilines is 1. The first kappa shape index (κ1) is 16.0. The van der Waals surface area contributed by atoms with Crippen LogP contribution in [0.5, 0.6) is 5.75 Å². The van der Waals surface area contributed by atoms with E-state index in [-0.39, 0.29) is 12.1 Å². The molecule has 126 valence electrons. The summed E-state index contributed by atoms with van der Waals surface area (Å²) in [7, 11) is 0. The molecule has 2 N–H and O–H groups in total. The van der Waals surface area contributed by atoms with E-state index in [1.165, 1.54) is 16.8 Å². The molecule has 0 saturated heterocycles. The van der Waals surface area contributed by atoms with Crippen molar-refractivity contribution in [2.24, 2.45) is 0 Å². The molecule has 1 aromatic carbocycles. The summed E-state index contributed by atoms with van der Waals surface area (Å²) in [5, 5.41) is 6.53. The van der Waals surface area contributed by atoms with Gasteiger partial charge in [-0.3, -0.25) is 0 Å². The second-order valence-corrected chi connectivity index (χ2v) is 7.50. The van der Waals surface area contributed by atoms with Crippen LogP contribution < -0.4 is 15.4 Å². The van der Waals surface area contributed by atoms with Crippen molar-refractivity contribution in [3.05, 3.63) is 23.3 Å². The van der Waals surface area contributed by atoms with Gasteiger partial charge >= 0.3 is 6.09 Å². The molecule has 2 aliphatic heterocycles. The molecule has 2 atom stereocenters. The Kier molecular flexibility index (Phi) is 4.13. The standard InChI is InChI=1S/C18H26N2O3/c1-11(19-17(21)23-18(2,3)4)9-13-10-12-5-6-15-14(7-8-22-15)16(12)20-13/h5-6,11,13,20H,7-10H2,1-4H3,(H,19,21)/t11?,13-/m1/s1. The molecule has 0 aromatic heterocycles. The third-order valence-corrected chi connectivity index (χ3v) is 4.18. The van der Waals surface area contributed by atoms with Crippen molar-refractivity contribution in [1.29, 1.82) is 0 Å². The quantitative estimate of drug-likeness (QED) is 0.898. The number of amides is 1. The van der Waals surface area contributed by atoms with Gasteiger partial charge in [0.25, 0.3) is 0 Å². The van der Waals surface area contributed by atoms with Crippen molar-refractivity contribution in [3.8, 4) is 5.75 Å². The number of benzene rings is 1. The van der Waals surface area contributed by atoms with Crippen LogP contribution in [-0.2, 0) is 17.6 Å². The monoisotopic (exact) mass is 318 g/mol. The fraction of sp³-hybridized carbons (Fsp3) is 0.611. The molecule has 23 heavy (non-hydrogen) atoms. The Labute approximate surface area is 137 Å². The zero-order valence-electron chi connectivity index (χ0n) is 14.4. The molecule has 0 fully saturated rings. The Balaban J connectivity index is 1.55. The number of ether oxygens (including phenoxy) is 2. The van der Waals surface area contributed by atoms with Crippen LogP contribution >= 0.6 is 0 Å². The first-order valence-electron chi connectivity index (χ1n) is 8.35. The smallest absolute Gasteiger partial charge is 0.407 e. The molecule has 0 radical (unpaired) electrons. The molecule has 1 amide bonds. The lowest BCUT2D eigenvalue weighted by atomic mass is 10.0. The number of alkyl carbamates (subject to hydrolysis) is 1. The number of nitrogens with one attached hydrogen (secondary N) is 2. The van der Waals surface area contributed by atoms with Gasteiger partial charge in [0.2, 0.25) is 0 Å². The molecule has 2 heterocycles. The largest absolute Gasteiger partial charge is 0.493 e. The predicted octanol–water partition coefficient (Wildman–Crippen LogP) is 3.26. The van der Waals surface area contributed by atoms with Gasteiger partial charge in [-0.05, 0) is 52.2 Å². The van der Waals surface area contributed by atoms with Gasteiger partial charge < -0.3 is 20.1 Å². The van der Waals surface area contributed by atoms with Crippen LogP contribution in [0.2, 0.25) is 0 Å². The van der Waals surface area contributed by atoms with Gasteiger partial charge in [-0.1, -0.05) is 6.07 Å². The van der Waals surface area contributed by atoms with Gasteiger partial charge in [-0.15, -0.1) is 0 Å². The van der Waals surface area contributed by atoms with Crippen molar-refractivity contribution in [1.82, 2.24) is 5.32 Å². The van der Waals surface area contributed by atoms with E-state index in [9.17, 15) is 4.79 Å². The van der Waals surface area contributed by atoms with E-state index in [1.54, 1.807) is 0 Å². The Bertz CT molecular complexity index is 607. The second-order valence-electron chi connectivity index (χ2n) is 7.50. The van der Waals surface area contributed by atoms with Gasteiger partial charge in [-0.25, -0.2) is 4.79 Å². The van der Waals surface area contributed by atoms with E-state index in [0.29, 0.717) is 6.04 Å². The first-order chi connectivity index (χ1) is 10.8. The number of rotatable bonds is 3. The predicted molar refractivity (Wildman–Crippen MR) is 90.2 cm³/mol. The third kappa shape index (κ3) is 3.71. The lowest BCUT2D eigenvalue weighted by Gasteiger charge is -2.23. The van der Waals surface area contributed by atoms with Crippen molar-refractivity contribution in [3.63, 3.8) is 0 Å². The highest BCUT2D eigenvalue weighted by Crippen LogP contribution is 2.39. The van der Waals surface area contributed by atoms with Crippen molar-refractivity contribution < 1.29 is 14.3 Å². The summed E-state index contributed by atoms with van der Waals surface area (Å²) in [6, 6.07) is 4.62. The van der Waals surface area contributed by atoms with E-state index < -0.39 is 5.60 Å². The molecule has 2 aliphatic rings. The maximum absolute atomic E-state index is 11.8. The van der Waals surface area contributed by atoms with E-state index in [2.05, 4.69) is 22.8 Å². The number of carbonyl (C=O) groups excluding carboxylic acids is 1. The highest BCUT2D eigenvalue weighted by Gasteiger charge is 2.28. The lowest BCUT2D eigenvalue weighted by molar-refractivity contribution is 0.0505. The lowest BCUT2D eigenvalue weighted by Crippen LogP contribution is -2.40. The molecular weight excluding hydrogens is 292 g/mol. The summed E-state index contributed by atoms with van der Waals surface area (Å²) in [5.41, 5.74) is 3.43. The Morgan fingerprint density at radius 1 is 1.48 bits per heavy atom. The van der Waals surface area contributed by atoms with Crippen molar-refractivity contribution in [2.75, 3.05) is 11.9 Å². The van der Waals surface area contributed by atoms with Crippen molar-refractivity contribution in [2.45, 2.75) is 64.6 Å². The zero-order chi connectivity index (χ0) is 16.6. The average Bonchev–Trinajstić information content (AvgIpc) is 2.99. The van der Waals surface area contributed by atoms with Crippen LogP contribution in [0.15, 0.2) is 12.1 Å². The van der Waals surface area contributed by atoms with Gasteiger partial charge in [-0.2, -0.15) is 0 Å². The number of hydrogen-bond acceptors (Lipinski definition) is 4. The van der Waals surface area contributed by atoms with Gasteiger partial charge in [0, 0.05) is 29.8 Å². The van der Waals surface area contributed by atoms with E-state index in [1.807, 2.05) is 27.7 Å². The Hall–Kier alpha value is -1.91. The highest BCUT2D eigenvalue weighted by molar-refractivity contribution is 5.69. The summed E-state index contributed by atoms with van der Waals surface area (Å²) < 4.78 is 10.9. The first-order valence-corrected chi connectivity index (χ1v) is 8.35. The van der Waals surface area contributed by atoms with Gasteiger partial charge in [0.1, 0.15) is 11.4 Å². The van der Waals surface area contributed by atoms with Crippen LogP contribution in [0.3, 0.4) is 0 Å². The summed E-state index contributed by atoms with van der Waals surface area (Å²) in [4.78, 5) is 11.8. The molecular formula is C18H26N2O3. The molecule has 5 heteroatoms. The summed E-state index contributed by atoms with van der Waals surface area (Å²) >= 11 is 0. The summed E-state index contributed by atoms with van der Waals surface area (Å²) in [6.45, 7) is 8.40. The maximum atomic E-state index is 11.8. The molecule has 0 saturated carbocycles. The second kappa shape index (κ2) is 5.95. The third-order valence-electron chi connectivity index (χ3n) is 4.18. The van der Waals surface area contributed by atoms with E-state index in [0.717, 1.165) is 31.6 Å². The molecule has 0 bridgehead atoms. The highest BCUT2D eigenvalue weighted by atomic mass is 16.6. The molecule has 1 aromatic rings. The van der Waals surface area contributed by atoms with Crippen LogP contribution in [0.25, 0.3) is 0 Å². The fourth-order valence-electron chi connectivity index (χ4n) is 3.33. The SMILES string of the molecule is CC(C[C@@H]1Cc2ccc3c(c2N1)CCO3)NC(=O)OC(C)(C)C. The number of hydrogen-bond donors (Lipinski definition) is 2. The average molecular weight is 318 g/mol. The van der Waals surface area contributed by atoms with Crippen molar-refractivity contribution >= 4 is 11.8 Å². The summed E-state index contributed by atoms with van der Waals surface area (Å²) in [5.74, 6) is 1.01. The van der Waals surface area contributed by atoms with Gasteiger partial charge in [0.15, 0.2) is 0 Å².